The van der Waals surface area contributed by atoms with E-state index in [1.807, 2.05) is 48.5 Å². The Hall–Kier alpha value is -2.35. The molecule has 18 heavy (non-hydrogen) atoms. The minimum atomic E-state index is -0.190. The van der Waals surface area contributed by atoms with Crippen LogP contribution in [0.1, 0.15) is 0 Å². The van der Waals surface area contributed by atoms with E-state index in [1.165, 1.54) is 6.07 Å². The largest absolute Gasteiger partial charge is 0.399 e. The van der Waals surface area contributed by atoms with Gasteiger partial charge >= 0.3 is 0 Å². The molecule has 3 aromatic carbocycles. The van der Waals surface area contributed by atoms with E-state index in [0.717, 1.165) is 22.2 Å². The lowest BCUT2D eigenvalue weighted by molar-refractivity contribution is 0.640. The molecule has 0 aromatic heterocycles. The van der Waals surface area contributed by atoms with Crippen molar-refractivity contribution in [1.29, 1.82) is 0 Å². The van der Waals surface area contributed by atoms with Gasteiger partial charge in [0.2, 0.25) is 0 Å². The van der Waals surface area contributed by atoms with Gasteiger partial charge in [-0.3, -0.25) is 0 Å². The number of nitrogens with two attached hydrogens (primary N) is 1. The smallest absolute Gasteiger partial charge is 0.131 e. The SMILES string of the molecule is Nc1ccc(-c2ccc(F)c3ccccc23)cc1. The minimum Gasteiger partial charge on any atom is -0.399 e. The zero-order valence-electron chi connectivity index (χ0n) is 9.73. The quantitative estimate of drug-likeness (QED) is 0.630. The molecule has 0 aliphatic heterocycles. The molecule has 0 fully saturated rings. The maximum absolute atomic E-state index is 13.7. The summed E-state index contributed by atoms with van der Waals surface area (Å²) in [6, 6.07) is 18.4. The van der Waals surface area contributed by atoms with Crippen molar-refractivity contribution < 1.29 is 4.39 Å². The molecule has 1 nitrogen and oxygen atoms in total. The van der Waals surface area contributed by atoms with E-state index in [0.29, 0.717) is 5.39 Å². The average molecular weight is 237 g/mol. The van der Waals surface area contributed by atoms with Crippen LogP contribution in [0.2, 0.25) is 0 Å². The molecule has 0 atom stereocenters. The highest BCUT2D eigenvalue weighted by atomic mass is 19.1. The van der Waals surface area contributed by atoms with E-state index in [-0.39, 0.29) is 5.82 Å². The van der Waals surface area contributed by atoms with Crippen LogP contribution in [0.4, 0.5) is 10.1 Å². The number of rotatable bonds is 1. The molecule has 0 saturated heterocycles. The lowest BCUT2D eigenvalue weighted by atomic mass is 9.98. The fourth-order valence-corrected chi connectivity index (χ4v) is 2.18. The molecular weight excluding hydrogens is 225 g/mol. The van der Waals surface area contributed by atoms with Crippen LogP contribution in [0.5, 0.6) is 0 Å². The number of fused-ring (bicyclic) bond motifs is 1. The van der Waals surface area contributed by atoms with Crippen molar-refractivity contribution in [3.05, 3.63) is 66.5 Å². The van der Waals surface area contributed by atoms with Crippen molar-refractivity contribution in [1.82, 2.24) is 0 Å². The van der Waals surface area contributed by atoms with Crippen LogP contribution in [0.15, 0.2) is 60.7 Å². The van der Waals surface area contributed by atoms with Gasteiger partial charge in [0.1, 0.15) is 5.82 Å². The Morgan fingerprint density at radius 1 is 0.722 bits per heavy atom. The third-order valence-electron chi connectivity index (χ3n) is 3.09. The Balaban J connectivity index is 2.30. The molecule has 0 amide bonds. The predicted molar refractivity (Wildman–Crippen MR) is 73.8 cm³/mol. The molecule has 0 heterocycles. The Kier molecular flexibility index (Phi) is 2.49. The standard InChI is InChI=1S/C16H12FN/c17-16-10-9-13(11-5-7-12(18)8-6-11)14-3-1-2-4-15(14)16/h1-10H,18H2. The van der Waals surface area contributed by atoms with Crippen molar-refractivity contribution in [3.8, 4) is 11.1 Å². The zero-order chi connectivity index (χ0) is 12.5. The summed E-state index contributed by atoms with van der Waals surface area (Å²) in [4.78, 5) is 0. The monoisotopic (exact) mass is 237 g/mol. The normalized spacial score (nSPS) is 10.7. The van der Waals surface area contributed by atoms with Crippen LogP contribution < -0.4 is 5.73 Å². The highest BCUT2D eigenvalue weighted by Crippen LogP contribution is 2.30. The second-order valence-corrected chi connectivity index (χ2v) is 4.26. The number of anilines is 1. The number of hydrogen-bond donors (Lipinski definition) is 1. The fraction of sp³-hybridized carbons (Fsp3) is 0. The van der Waals surface area contributed by atoms with Gasteiger partial charge in [0.05, 0.1) is 0 Å². The highest BCUT2D eigenvalue weighted by Gasteiger charge is 2.06. The number of benzene rings is 3. The summed E-state index contributed by atoms with van der Waals surface area (Å²) >= 11 is 0. The third kappa shape index (κ3) is 1.72. The van der Waals surface area contributed by atoms with Gasteiger partial charge in [0.25, 0.3) is 0 Å². The van der Waals surface area contributed by atoms with Crippen molar-refractivity contribution in [3.63, 3.8) is 0 Å². The van der Waals surface area contributed by atoms with Crippen LogP contribution in [-0.4, -0.2) is 0 Å². The van der Waals surface area contributed by atoms with Gasteiger partial charge in [-0.2, -0.15) is 0 Å². The number of halogens is 1. The first-order valence-electron chi connectivity index (χ1n) is 5.79. The first kappa shape index (κ1) is 10.8. The molecule has 3 rings (SSSR count). The number of hydrogen-bond acceptors (Lipinski definition) is 1. The summed E-state index contributed by atoms with van der Waals surface area (Å²) < 4.78 is 13.7. The summed E-state index contributed by atoms with van der Waals surface area (Å²) in [6.07, 6.45) is 0. The Labute approximate surface area is 105 Å². The van der Waals surface area contributed by atoms with E-state index >= 15 is 0 Å². The van der Waals surface area contributed by atoms with Crippen molar-refractivity contribution in [2.45, 2.75) is 0 Å². The van der Waals surface area contributed by atoms with Crippen molar-refractivity contribution in [2.75, 3.05) is 5.73 Å². The first-order chi connectivity index (χ1) is 8.75. The van der Waals surface area contributed by atoms with Gasteiger partial charge in [0.15, 0.2) is 0 Å². The van der Waals surface area contributed by atoms with E-state index < -0.39 is 0 Å². The summed E-state index contributed by atoms with van der Waals surface area (Å²) in [5.74, 6) is -0.190. The molecule has 0 spiro atoms. The lowest BCUT2D eigenvalue weighted by Gasteiger charge is -2.08. The van der Waals surface area contributed by atoms with Crippen LogP contribution in [0, 0.1) is 5.82 Å². The van der Waals surface area contributed by atoms with Gasteiger partial charge in [0, 0.05) is 11.1 Å². The van der Waals surface area contributed by atoms with Gasteiger partial charge in [-0.15, -0.1) is 0 Å². The summed E-state index contributed by atoms with van der Waals surface area (Å²) in [5.41, 5.74) is 8.47. The molecule has 0 aliphatic rings. The van der Waals surface area contributed by atoms with Crippen LogP contribution >= 0.6 is 0 Å². The lowest BCUT2D eigenvalue weighted by Crippen LogP contribution is -1.87. The minimum absolute atomic E-state index is 0.190. The Morgan fingerprint density at radius 2 is 1.39 bits per heavy atom. The summed E-state index contributed by atoms with van der Waals surface area (Å²) in [7, 11) is 0. The Bertz CT molecular complexity index is 702. The first-order valence-corrected chi connectivity index (χ1v) is 5.79. The summed E-state index contributed by atoms with van der Waals surface area (Å²) in [5, 5.41) is 1.56. The van der Waals surface area contributed by atoms with Gasteiger partial charge < -0.3 is 5.73 Å². The van der Waals surface area contributed by atoms with Gasteiger partial charge in [-0.1, -0.05) is 42.5 Å². The molecule has 88 valence electrons. The fourth-order valence-electron chi connectivity index (χ4n) is 2.18. The molecule has 0 aliphatic carbocycles. The highest BCUT2D eigenvalue weighted by molar-refractivity contribution is 5.97. The van der Waals surface area contributed by atoms with Crippen molar-refractivity contribution >= 4 is 16.5 Å². The van der Waals surface area contributed by atoms with Crippen LogP contribution in [0.3, 0.4) is 0 Å². The van der Waals surface area contributed by atoms with Crippen LogP contribution in [-0.2, 0) is 0 Å². The maximum Gasteiger partial charge on any atom is 0.131 e. The molecule has 2 heteroatoms. The summed E-state index contributed by atoms with van der Waals surface area (Å²) in [6.45, 7) is 0. The van der Waals surface area contributed by atoms with Gasteiger partial charge in [-0.25, -0.2) is 4.39 Å². The number of nitrogen functional groups attached to an aromatic ring is 1. The second kappa shape index (κ2) is 4.15. The predicted octanol–water partition coefficient (Wildman–Crippen LogP) is 4.23. The Morgan fingerprint density at radius 3 is 2.11 bits per heavy atom. The van der Waals surface area contributed by atoms with E-state index in [4.69, 9.17) is 5.73 Å². The van der Waals surface area contributed by atoms with Crippen molar-refractivity contribution in [2.24, 2.45) is 0 Å². The topological polar surface area (TPSA) is 26.0 Å². The maximum atomic E-state index is 13.7. The second-order valence-electron chi connectivity index (χ2n) is 4.26. The van der Waals surface area contributed by atoms with E-state index in [1.54, 1.807) is 6.07 Å². The molecule has 2 N–H and O–H groups in total. The molecule has 3 aromatic rings. The molecule has 0 unspecified atom stereocenters. The third-order valence-corrected chi connectivity index (χ3v) is 3.09. The van der Waals surface area contributed by atoms with E-state index in [9.17, 15) is 4.39 Å². The zero-order valence-corrected chi connectivity index (χ0v) is 9.73. The van der Waals surface area contributed by atoms with Crippen LogP contribution in [0.25, 0.3) is 21.9 Å². The van der Waals surface area contributed by atoms with E-state index in [2.05, 4.69) is 0 Å². The molecule has 0 saturated carbocycles. The van der Waals surface area contributed by atoms with Gasteiger partial charge in [-0.05, 0) is 34.7 Å². The molecular formula is C16H12FN. The molecule has 0 bridgehead atoms. The molecule has 0 radical (unpaired) electrons. The average Bonchev–Trinajstić information content (AvgIpc) is 2.41.